The van der Waals surface area contributed by atoms with Crippen molar-refractivity contribution in [1.29, 1.82) is 0 Å². The third kappa shape index (κ3) is 5.33. The third-order valence-corrected chi connectivity index (χ3v) is 4.63. The average molecular weight is 418 g/mol. The van der Waals surface area contributed by atoms with Gasteiger partial charge in [-0.25, -0.2) is 4.79 Å². The Hall–Kier alpha value is -4.00. The van der Waals surface area contributed by atoms with Crippen molar-refractivity contribution in [2.75, 3.05) is 25.1 Å². The van der Waals surface area contributed by atoms with E-state index in [2.05, 4.69) is 10.6 Å². The zero-order valence-electron chi connectivity index (χ0n) is 16.7. The molecule has 0 aliphatic carbocycles. The summed E-state index contributed by atoms with van der Waals surface area (Å²) in [5.74, 6) is 0.327. The molecule has 1 aliphatic rings. The van der Waals surface area contributed by atoms with Gasteiger partial charge in [-0.1, -0.05) is 42.5 Å². The van der Waals surface area contributed by atoms with E-state index in [1.165, 1.54) is 0 Å². The molecule has 1 aliphatic heterocycles. The maximum absolute atomic E-state index is 12.5. The smallest absolute Gasteiger partial charge is 0.340 e. The molecule has 3 aromatic rings. The summed E-state index contributed by atoms with van der Waals surface area (Å²) in [4.78, 5) is 24.7. The Morgan fingerprint density at radius 1 is 0.903 bits per heavy atom. The summed E-state index contributed by atoms with van der Waals surface area (Å²) in [6.45, 7) is 0.190. The van der Waals surface area contributed by atoms with Crippen LogP contribution in [-0.4, -0.2) is 37.7 Å². The van der Waals surface area contributed by atoms with E-state index < -0.39 is 11.9 Å². The van der Waals surface area contributed by atoms with Gasteiger partial charge in [0.2, 0.25) is 0 Å². The van der Waals surface area contributed by atoms with E-state index in [0.29, 0.717) is 29.4 Å². The lowest BCUT2D eigenvalue weighted by atomic mass is 10.1. The maximum Gasteiger partial charge on any atom is 0.340 e. The Labute approximate surface area is 179 Å². The van der Waals surface area contributed by atoms with Crippen LogP contribution in [0.5, 0.6) is 11.5 Å². The van der Waals surface area contributed by atoms with E-state index in [9.17, 15) is 9.59 Å². The number of carbonyl (C=O) groups excluding carboxylic acids is 2. The van der Waals surface area contributed by atoms with Gasteiger partial charge in [0.25, 0.3) is 5.91 Å². The second-order valence-electron chi connectivity index (χ2n) is 6.91. The molecule has 0 radical (unpaired) electrons. The first-order valence-corrected chi connectivity index (χ1v) is 9.92. The molecule has 1 atom stereocenters. The fraction of sp³-hybridized carbons (Fsp3) is 0.167. The predicted molar refractivity (Wildman–Crippen MR) is 116 cm³/mol. The molecule has 2 N–H and O–H groups in total. The predicted octanol–water partition coefficient (Wildman–Crippen LogP) is 3.54. The molecule has 7 heteroatoms. The molecule has 0 spiro atoms. The minimum atomic E-state index is -0.583. The average Bonchev–Trinajstić information content (AvgIpc) is 2.82. The van der Waals surface area contributed by atoms with Gasteiger partial charge in [0.1, 0.15) is 12.7 Å². The highest BCUT2D eigenvalue weighted by Gasteiger charge is 2.21. The molecule has 0 saturated heterocycles. The van der Waals surface area contributed by atoms with Crippen LogP contribution in [0.2, 0.25) is 0 Å². The summed E-state index contributed by atoms with van der Waals surface area (Å²) in [5.41, 5.74) is 1.79. The summed E-state index contributed by atoms with van der Waals surface area (Å²) < 4.78 is 16.6. The third-order valence-electron chi connectivity index (χ3n) is 4.63. The van der Waals surface area contributed by atoms with Crippen molar-refractivity contribution in [2.24, 2.45) is 0 Å². The van der Waals surface area contributed by atoms with Crippen LogP contribution in [0.25, 0.3) is 0 Å². The lowest BCUT2D eigenvalue weighted by molar-refractivity contribution is -0.124. The number of hydrogen-bond acceptors (Lipinski definition) is 6. The molecule has 3 aromatic carbocycles. The number of amides is 1. The number of fused-ring (bicyclic) bond motifs is 1. The van der Waals surface area contributed by atoms with Crippen LogP contribution in [0.15, 0.2) is 78.9 Å². The molecule has 1 heterocycles. The number of carbonyl (C=O) groups is 2. The maximum atomic E-state index is 12.5. The Morgan fingerprint density at radius 2 is 1.61 bits per heavy atom. The van der Waals surface area contributed by atoms with E-state index in [-0.39, 0.29) is 19.3 Å². The van der Waals surface area contributed by atoms with Gasteiger partial charge in [0.05, 0.1) is 17.8 Å². The Morgan fingerprint density at radius 3 is 2.45 bits per heavy atom. The first-order chi connectivity index (χ1) is 15.2. The first kappa shape index (κ1) is 20.3. The summed E-state index contributed by atoms with van der Waals surface area (Å²) in [5, 5.41) is 5.89. The van der Waals surface area contributed by atoms with Crippen molar-refractivity contribution in [3.63, 3.8) is 0 Å². The van der Waals surface area contributed by atoms with Crippen LogP contribution in [0.4, 0.5) is 11.4 Å². The normalized spacial score (nSPS) is 14.4. The van der Waals surface area contributed by atoms with Gasteiger partial charge in [0.15, 0.2) is 18.1 Å². The monoisotopic (exact) mass is 418 g/mol. The standard InChI is InChI=1S/C24H22N2O5/c27-23(25-14-18-15-29-21-12-6-7-13-22(21)31-18)16-30-24(28)19-10-4-5-11-20(19)26-17-8-2-1-3-9-17/h1-13,18,26H,14-16H2,(H,25,27)/t18-/m1/s1. The van der Waals surface area contributed by atoms with Crippen LogP contribution >= 0.6 is 0 Å². The fourth-order valence-corrected chi connectivity index (χ4v) is 3.10. The van der Waals surface area contributed by atoms with Gasteiger partial charge >= 0.3 is 5.97 Å². The van der Waals surface area contributed by atoms with Gasteiger partial charge in [-0.15, -0.1) is 0 Å². The second-order valence-corrected chi connectivity index (χ2v) is 6.91. The van der Waals surface area contributed by atoms with Crippen molar-refractivity contribution < 1.29 is 23.8 Å². The molecule has 0 fully saturated rings. The van der Waals surface area contributed by atoms with Crippen molar-refractivity contribution >= 4 is 23.3 Å². The van der Waals surface area contributed by atoms with Crippen molar-refractivity contribution in [1.82, 2.24) is 5.32 Å². The summed E-state index contributed by atoms with van der Waals surface area (Å²) in [6, 6.07) is 23.8. The molecule has 0 bridgehead atoms. The lowest BCUT2D eigenvalue weighted by Crippen LogP contribution is -2.42. The van der Waals surface area contributed by atoms with Crippen molar-refractivity contribution in [3.8, 4) is 11.5 Å². The molecule has 31 heavy (non-hydrogen) atoms. The number of rotatable bonds is 7. The minimum Gasteiger partial charge on any atom is -0.486 e. The van der Waals surface area contributed by atoms with E-state index in [1.807, 2.05) is 60.7 Å². The minimum absolute atomic E-state index is 0.247. The molecule has 0 unspecified atom stereocenters. The van der Waals surface area contributed by atoms with Crippen molar-refractivity contribution in [3.05, 3.63) is 84.4 Å². The molecular formula is C24H22N2O5. The highest BCUT2D eigenvalue weighted by molar-refractivity contribution is 5.97. The SMILES string of the molecule is O=C(COC(=O)c1ccccc1Nc1ccccc1)NC[C@@H]1COc2ccccc2O1. The van der Waals surface area contributed by atoms with Crippen LogP contribution in [0.3, 0.4) is 0 Å². The highest BCUT2D eigenvalue weighted by atomic mass is 16.6. The molecule has 0 saturated carbocycles. The number of nitrogens with one attached hydrogen (secondary N) is 2. The number of ether oxygens (including phenoxy) is 3. The zero-order valence-corrected chi connectivity index (χ0v) is 16.7. The molecule has 158 valence electrons. The molecule has 1 amide bonds. The first-order valence-electron chi connectivity index (χ1n) is 9.92. The largest absolute Gasteiger partial charge is 0.486 e. The highest BCUT2D eigenvalue weighted by Crippen LogP contribution is 2.30. The van der Waals surface area contributed by atoms with E-state index in [4.69, 9.17) is 14.2 Å². The Kier molecular flexibility index (Phi) is 6.32. The summed E-state index contributed by atoms with van der Waals surface area (Å²) in [6.07, 6.45) is -0.314. The molecule has 7 nitrogen and oxygen atoms in total. The molecular weight excluding hydrogens is 396 g/mol. The van der Waals surface area contributed by atoms with Crippen LogP contribution < -0.4 is 20.1 Å². The molecule has 0 aromatic heterocycles. The fourth-order valence-electron chi connectivity index (χ4n) is 3.10. The van der Waals surface area contributed by atoms with E-state index >= 15 is 0 Å². The molecule has 4 rings (SSSR count). The topological polar surface area (TPSA) is 85.9 Å². The van der Waals surface area contributed by atoms with Gasteiger partial charge in [-0.2, -0.15) is 0 Å². The Balaban J connectivity index is 1.27. The number of anilines is 2. The number of benzene rings is 3. The summed E-state index contributed by atoms with van der Waals surface area (Å²) >= 11 is 0. The van der Waals surface area contributed by atoms with Crippen LogP contribution in [-0.2, 0) is 9.53 Å². The van der Waals surface area contributed by atoms with Gasteiger partial charge < -0.3 is 24.8 Å². The van der Waals surface area contributed by atoms with Gasteiger partial charge in [-0.3, -0.25) is 4.79 Å². The number of hydrogen-bond donors (Lipinski definition) is 2. The second kappa shape index (κ2) is 9.67. The van der Waals surface area contributed by atoms with Crippen LogP contribution in [0, 0.1) is 0 Å². The lowest BCUT2D eigenvalue weighted by Gasteiger charge is -2.26. The van der Waals surface area contributed by atoms with E-state index in [0.717, 1.165) is 5.69 Å². The van der Waals surface area contributed by atoms with Gasteiger partial charge in [0, 0.05) is 5.69 Å². The van der Waals surface area contributed by atoms with Crippen molar-refractivity contribution in [2.45, 2.75) is 6.10 Å². The number of esters is 1. The summed E-state index contributed by atoms with van der Waals surface area (Å²) in [7, 11) is 0. The van der Waals surface area contributed by atoms with E-state index in [1.54, 1.807) is 18.2 Å². The van der Waals surface area contributed by atoms with Gasteiger partial charge in [-0.05, 0) is 36.4 Å². The zero-order chi connectivity index (χ0) is 21.5. The van der Waals surface area contributed by atoms with Crippen LogP contribution in [0.1, 0.15) is 10.4 Å². The quantitative estimate of drug-likeness (QED) is 0.571. The number of para-hydroxylation sites is 4. The Bertz CT molecular complexity index is 1050.